The third-order valence-corrected chi connectivity index (χ3v) is 20.7. The molecule has 0 fully saturated rings. The number of aromatic nitrogens is 4. The van der Waals surface area contributed by atoms with Crippen LogP contribution < -0.4 is 5.46 Å². The lowest BCUT2D eigenvalue weighted by molar-refractivity contribution is 0.426. The summed E-state index contributed by atoms with van der Waals surface area (Å²) in [5.74, 6) is 0. The van der Waals surface area contributed by atoms with Crippen molar-refractivity contribution in [3.8, 4) is 33.4 Å². The number of halogens is 1. The van der Waals surface area contributed by atoms with Gasteiger partial charge in [0.2, 0.25) is 0 Å². The lowest BCUT2D eigenvalue weighted by Crippen LogP contribution is -2.31. The first-order valence-corrected chi connectivity index (χ1v) is 34.3. The van der Waals surface area contributed by atoms with Crippen molar-refractivity contribution in [3.05, 3.63) is 320 Å². The number of rotatable bonds is 4. The minimum atomic E-state index is -1.52. The highest BCUT2D eigenvalue weighted by Crippen LogP contribution is 2.47. The van der Waals surface area contributed by atoms with Crippen LogP contribution in [0.1, 0.15) is 0 Å². The summed E-state index contributed by atoms with van der Waals surface area (Å²) in [5.41, 5.74) is 19.4. The quantitative estimate of drug-likeness (QED) is 0.134. The van der Waals surface area contributed by atoms with Gasteiger partial charge in [0.1, 0.15) is 33.5 Å². The van der Waals surface area contributed by atoms with Gasteiger partial charge in [-0.25, -0.2) is 9.97 Å². The van der Waals surface area contributed by atoms with Crippen molar-refractivity contribution in [2.75, 3.05) is 0 Å². The van der Waals surface area contributed by atoms with Gasteiger partial charge in [-0.3, -0.25) is 8.80 Å². The Morgan fingerprint density at radius 3 is 1.06 bits per heavy atom. The number of fused-ring (bicyclic) bond motifs is 26. The maximum Gasteiger partial charge on any atom is 0.489 e. The zero-order valence-corrected chi connectivity index (χ0v) is 55.1. The van der Waals surface area contributed by atoms with Crippen LogP contribution in [-0.2, 0) is 0 Å². The number of benzene rings is 16. The Balaban J connectivity index is 0.000000110. The zero-order chi connectivity index (χ0) is 66.3. The van der Waals surface area contributed by atoms with Gasteiger partial charge in [0.25, 0.3) is 0 Å². The molecule has 16 aromatic carbocycles. The molecule has 0 atom stereocenters. The number of nitrogens with zero attached hydrogens (tertiary/aromatic N) is 4. The van der Waals surface area contributed by atoms with E-state index in [1.807, 2.05) is 78.9 Å². The molecular formula is C90H54BBrN4O4. The highest BCUT2D eigenvalue weighted by molar-refractivity contribution is 9.10. The number of pyridine rings is 2. The van der Waals surface area contributed by atoms with Crippen molar-refractivity contribution < 1.29 is 18.9 Å². The van der Waals surface area contributed by atoms with Crippen molar-refractivity contribution in [1.82, 2.24) is 18.8 Å². The van der Waals surface area contributed by atoms with E-state index in [2.05, 4.69) is 261 Å². The van der Waals surface area contributed by atoms with Crippen LogP contribution in [-0.4, -0.2) is 35.9 Å². The zero-order valence-electron chi connectivity index (χ0n) is 53.5. The summed E-state index contributed by atoms with van der Waals surface area (Å²) in [4.78, 5) is 10.0. The smallest absolute Gasteiger partial charge is 0.454 e. The molecule has 0 bridgehead atoms. The van der Waals surface area contributed by atoms with Crippen molar-refractivity contribution in [2.45, 2.75) is 0 Å². The number of para-hydroxylation sites is 4. The second-order valence-electron chi connectivity index (χ2n) is 25.7. The number of imidazole rings is 2. The van der Waals surface area contributed by atoms with Gasteiger partial charge in [-0.15, -0.1) is 0 Å². The van der Waals surface area contributed by atoms with E-state index in [4.69, 9.17) is 18.8 Å². The number of hydrogen-bond acceptors (Lipinski definition) is 6. The topological polar surface area (TPSA) is 101 Å². The average molecular weight is 1350 g/mol. The minimum absolute atomic E-state index is 0.561. The third-order valence-electron chi connectivity index (χ3n) is 20.2. The van der Waals surface area contributed by atoms with E-state index < -0.39 is 7.12 Å². The fourth-order valence-electron chi connectivity index (χ4n) is 15.9. The molecule has 0 amide bonds. The standard InChI is InChI=1S/C45H26N2O.C24H17BO2.C21H11BrN2O/c1-2-12-28-25-29(22-21-27(28)11-1)41-31-13-3-5-15-33(31)42(34-16-6-4-14-32(34)41)30-23-24-40-37(26-30)43-44(48-40)35-17-7-8-18-36(35)45-46-38-19-9-10-20-39(38)47(43)45;26-25(27)24-21-11-5-3-9-19(21)23(20-10-4-6-12-22(20)24)18-14-13-16-7-1-2-8-17(16)15-18;22-12-9-10-18-15(11-12)19-20(25-18)13-5-1-2-6-14(13)21-23-16-7-3-4-8-17(16)24(19)21/h1-26H;1-15,26-27H;1-11H. The molecule has 6 aromatic heterocycles. The summed E-state index contributed by atoms with van der Waals surface area (Å²) in [7, 11) is -1.52. The Bertz CT molecular complexity index is 7080. The van der Waals surface area contributed by atoms with Gasteiger partial charge in [-0.1, -0.05) is 265 Å². The molecule has 8 nitrogen and oxygen atoms in total. The van der Waals surface area contributed by atoms with Gasteiger partial charge in [0, 0.05) is 36.8 Å². The van der Waals surface area contributed by atoms with Crippen LogP contribution in [0.3, 0.4) is 0 Å². The SMILES string of the molecule is Brc1ccc2oc3c4ccccc4c4nc5ccccc5n4c3c2c1.OB(O)c1c2ccccc2c(-c2ccc3ccccc3c2)c2ccccc12.c1ccc2cc(-c3c4ccccc4c(-c4ccc5oc6c7ccccc7c7nc8ccccc8n7c6c5c4)c4ccccc34)ccc2c1. The molecule has 22 aromatic rings. The summed E-state index contributed by atoms with van der Waals surface area (Å²) < 4.78 is 18.6. The van der Waals surface area contributed by atoms with E-state index in [-0.39, 0.29) is 0 Å². The monoisotopic (exact) mass is 1340 g/mol. The Morgan fingerprint density at radius 2 is 0.620 bits per heavy atom. The maximum absolute atomic E-state index is 10.1. The molecule has 0 aliphatic rings. The van der Waals surface area contributed by atoms with E-state index in [1.54, 1.807) is 0 Å². The summed E-state index contributed by atoms with van der Waals surface area (Å²) in [6.45, 7) is 0. The molecule has 10 heteroatoms. The van der Waals surface area contributed by atoms with Crippen molar-refractivity contribution >= 4 is 192 Å². The van der Waals surface area contributed by atoms with Crippen LogP contribution in [0.15, 0.2) is 329 Å². The summed E-state index contributed by atoms with van der Waals surface area (Å²) in [6, 6.07) is 110. The van der Waals surface area contributed by atoms with E-state index >= 15 is 0 Å². The Kier molecular flexibility index (Phi) is 13.2. The molecule has 2 N–H and O–H groups in total. The molecule has 0 saturated carbocycles. The molecule has 100 heavy (non-hydrogen) atoms. The van der Waals surface area contributed by atoms with Crippen LogP contribution in [0.2, 0.25) is 0 Å². The summed E-state index contributed by atoms with van der Waals surface area (Å²) in [6.07, 6.45) is 0. The molecule has 0 radical (unpaired) electrons. The Hall–Kier alpha value is -12.4. The first kappa shape index (κ1) is 57.8. The van der Waals surface area contributed by atoms with E-state index in [9.17, 15) is 10.0 Å². The van der Waals surface area contributed by atoms with Crippen molar-refractivity contribution in [1.29, 1.82) is 0 Å². The van der Waals surface area contributed by atoms with Gasteiger partial charge in [0.15, 0.2) is 11.2 Å². The van der Waals surface area contributed by atoms with Crippen molar-refractivity contribution in [2.24, 2.45) is 0 Å². The molecule has 0 spiro atoms. The molecule has 468 valence electrons. The van der Waals surface area contributed by atoms with Gasteiger partial charge in [-0.05, 0) is 170 Å². The molecule has 6 heterocycles. The van der Waals surface area contributed by atoms with Crippen LogP contribution in [0, 0.1) is 0 Å². The number of furan rings is 2. The van der Waals surface area contributed by atoms with Crippen LogP contribution in [0.5, 0.6) is 0 Å². The normalized spacial score (nSPS) is 11.9. The van der Waals surface area contributed by atoms with Crippen molar-refractivity contribution in [3.63, 3.8) is 0 Å². The molecule has 0 unspecified atom stereocenters. The fraction of sp³-hybridized carbons (Fsp3) is 0. The van der Waals surface area contributed by atoms with Crippen LogP contribution in [0.25, 0.3) is 197 Å². The van der Waals surface area contributed by atoms with Gasteiger partial charge in [-0.2, -0.15) is 0 Å². The Labute approximate surface area is 579 Å². The fourth-order valence-corrected chi connectivity index (χ4v) is 16.3. The van der Waals surface area contributed by atoms with E-state index in [1.165, 1.54) is 59.8 Å². The summed E-state index contributed by atoms with van der Waals surface area (Å²) in [5, 5.41) is 40.3. The molecule has 0 aliphatic heterocycles. The maximum atomic E-state index is 10.1. The number of hydrogen-bond donors (Lipinski definition) is 2. The van der Waals surface area contributed by atoms with E-state index in [0.29, 0.717) is 5.46 Å². The first-order valence-electron chi connectivity index (χ1n) is 33.5. The largest absolute Gasteiger partial charge is 0.489 e. The molecule has 0 saturated heterocycles. The lowest BCUT2D eigenvalue weighted by Gasteiger charge is -2.18. The average Bonchev–Trinajstić information content (AvgIpc) is 1.51. The minimum Gasteiger partial charge on any atom is -0.454 e. The van der Waals surface area contributed by atoms with Gasteiger partial charge >= 0.3 is 7.12 Å². The molecule has 0 aliphatic carbocycles. The second-order valence-corrected chi connectivity index (χ2v) is 26.7. The van der Waals surface area contributed by atoms with Crippen LogP contribution >= 0.6 is 15.9 Å². The third kappa shape index (κ3) is 8.94. The second kappa shape index (κ2) is 22.8. The molecular weight excluding hydrogens is 1290 g/mol. The molecule has 22 rings (SSSR count). The predicted molar refractivity (Wildman–Crippen MR) is 420 cm³/mol. The Morgan fingerprint density at radius 1 is 0.290 bits per heavy atom. The summed E-state index contributed by atoms with van der Waals surface area (Å²) >= 11 is 3.59. The van der Waals surface area contributed by atoms with Gasteiger partial charge < -0.3 is 18.9 Å². The van der Waals surface area contributed by atoms with E-state index in [0.717, 1.165) is 142 Å². The predicted octanol–water partition coefficient (Wildman–Crippen LogP) is 23.1. The highest BCUT2D eigenvalue weighted by Gasteiger charge is 2.25. The lowest BCUT2D eigenvalue weighted by atomic mass is 9.72. The first-order chi connectivity index (χ1) is 49.4. The highest BCUT2D eigenvalue weighted by atomic mass is 79.9. The van der Waals surface area contributed by atoms with Crippen LogP contribution in [0.4, 0.5) is 0 Å². The van der Waals surface area contributed by atoms with Gasteiger partial charge in [0.05, 0.1) is 22.1 Å².